The second kappa shape index (κ2) is 4.70. The first kappa shape index (κ1) is 14.3. The number of piperidine rings is 1. The van der Waals surface area contributed by atoms with Gasteiger partial charge in [0.2, 0.25) is 5.91 Å². The van der Waals surface area contributed by atoms with Gasteiger partial charge in [0.1, 0.15) is 5.54 Å². The summed E-state index contributed by atoms with van der Waals surface area (Å²) in [5.74, 6) is 0.967. The Morgan fingerprint density at radius 1 is 1.30 bits per heavy atom. The Kier molecular flexibility index (Phi) is 3.37. The molecule has 0 aromatic heterocycles. The molecule has 2 N–H and O–H groups in total. The molecule has 20 heavy (non-hydrogen) atoms. The number of nitrogens with zero attached hydrogens (tertiary/aromatic N) is 1. The van der Waals surface area contributed by atoms with Gasteiger partial charge >= 0.3 is 0 Å². The van der Waals surface area contributed by atoms with Gasteiger partial charge in [-0.2, -0.15) is 0 Å². The van der Waals surface area contributed by atoms with Gasteiger partial charge in [-0.1, -0.05) is 20.8 Å². The highest BCUT2D eigenvalue weighted by Crippen LogP contribution is 2.58. The number of fused-ring (bicyclic) bond motifs is 1. The summed E-state index contributed by atoms with van der Waals surface area (Å²) in [6, 6.07) is 0. The molecule has 0 spiro atoms. The SMILES string of the molecule is CC1CCCN(C(=O)C2(N)C3CCCOC3C2(C)C)C1. The summed E-state index contributed by atoms with van der Waals surface area (Å²) in [4.78, 5) is 15.1. The third-order valence-corrected chi connectivity index (χ3v) is 5.98. The molecule has 1 aliphatic carbocycles. The summed E-state index contributed by atoms with van der Waals surface area (Å²) in [5.41, 5.74) is 5.70. The lowest BCUT2D eigenvalue weighted by Crippen LogP contribution is -2.82. The van der Waals surface area contributed by atoms with E-state index in [0.29, 0.717) is 5.92 Å². The zero-order valence-electron chi connectivity index (χ0n) is 13.0. The molecule has 3 fully saturated rings. The van der Waals surface area contributed by atoms with Crippen molar-refractivity contribution in [3.8, 4) is 0 Å². The number of likely N-dealkylation sites (tertiary alicyclic amines) is 1. The number of rotatable bonds is 1. The zero-order chi connectivity index (χ0) is 14.5. The van der Waals surface area contributed by atoms with Gasteiger partial charge in [-0.25, -0.2) is 0 Å². The molecular weight excluding hydrogens is 252 g/mol. The van der Waals surface area contributed by atoms with Gasteiger partial charge < -0.3 is 15.4 Å². The van der Waals surface area contributed by atoms with Crippen LogP contribution >= 0.6 is 0 Å². The van der Waals surface area contributed by atoms with Gasteiger partial charge in [-0.3, -0.25) is 4.79 Å². The summed E-state index contributed by atoms with van der Waals surface area (Å²) >= 11 is 0. The van der Waals surface area contributed by atoms with Crippen LogP contribution in [0.5, 0.6) is 0 Å². The molecule has 1 saturated carbocycles. The van der Waals surface area contributed by atoms with Crippen LogP contribution in [0.3, 0.4) is 0 Å². The zero-order valence-corrected chi connectivity index (χ0v) is 13.0. The van der Waals surface area contributed by atoms with Crippen molar-refractivity contribution in [1.29, 1.82) is 0 Å². The van der Waals surface area contributed by atoms with E-state index < -0.39 is 5.54 Å². The van der Waals surface area contributed by atoms with E-state index in [4.69, 9.17) is 10.5 Å². The van der Waals surface area contributed by atoms with E-state index >= 15 is 0 Å². The van der Waals surface area contributed by atoms with Crippen LogP contribution in [0.15, 0.2) is 0 Å². The molecule has 1 amide bonds. The van der Waals surface area contributed by atoms with Crippen molar-refractivity contribution in [2.45, 2.75) is 58.1 Å². The van der Waals surface area contributed by atoms with Crippen LogP contribution in [0, 0.1) is 17.3 Å². The molecule has 0 bridgehead atoms. The minimum absolute atomic E-state index is 0.160. The Morgan fingerprint density at radius 3 is 2.75 bits per heavy atom. The van der Waals surface area contributed by atoms with Crippen molar-refractivity contribution in [2.24, 2.45) is 23.0 Å². The Hall–Kier alpha value is -0.610. The van der Waals surface area contributed by atoms with Gasteiger partial charge in [0, 0.05) is 31.0 Å². The van der Waals surface area contributed by atoms with Crippen LogP contribution in [0.25, 0.3) is 0 Å². The summed E-state index contributed by atoms with van der Waals surface area (Å²) < 4.78 is 5.90. The van der Waals surface area contributed by atoms with Gasteiger partial charge in [0.05, 0.1) is 6.10 Å². The minimum atomic E-state index is -0.727. The summed E-state index contributed by atoms with van der Waals surface area (Å²) in [6.45, 7) is 8.98. The highest BCUT2D eigenvalue weighted by molar-refractivity contribution is 5.89. The van der Waals surface area contributed by atoms with Crippen molar-refractivity contribution in [1.82, 2.24) is 4.90 Å². The molecule has 2 saturated heterocycles. The number of hydrogen-bond donors (Lipinski definition) is 1. The number of amides is 1. The van der Waals surface area contributed by atoms with Crippen LogP contribution in [-0.2, 0) is 9.53 Å². The molecular formula is C16H28N2O2. The second-order valence-corrected chi connectivity index (χ2v) is 7.63. The van der Waals surface area contributed by atoms with E-state index in [9.17, 15) is 4.79 Å². The van der Waals surface area contributed by atoms with Gasteiger partial charge in [0.15, 0.2) is 0 Å². The minimum Gasteiger partial charge on any atom is -0.377 e. The highest BCUT2D eigenvalue weighted by atomic mass is 16.5. The maximum atomic E-state index is 13.1. The molecule has 0 aromatic carbocycles. The smallest absolute Gasteiger partial charge is 0.243 e. The molecule has 2 heterocycles. The quantitative estimate of drug-likeness (QED) is 0.796. The van der Waals surface area contributed by atoms with Gasteiger partial charge in [-0.05, 0) is 31.6 Å². The second-order valence-electron chi connectivity index (χ2n) is 7.63. The summed E-state index contributed by atoms with van der Waals surface area (Å²) in [7, 11) is 0. The predicted molar refractivity (Wildman–Crippen MR) is 78.1 cm³/mol. The average Bonchev–Trinajstić information content (AvgIpc) is 2.45. The van der Waals surface area contributed by atoms with E-state index in [1.54, 1.807) is 0 Å². The fourth-order valence-electron chi connectivity index (χ4n) is 4.65. The first-order valence-electron chi connectivity index (χ1n) is 8.09. The first-order chi connectivity index (χ1) is 9.39. The standard InChI is InChI=1S/C16H28N2O2/c1-11-6-4-8-18(10-11)14(19)16(17)12-7-5-9-20-13(12)15(16,2)3/h11-13H,4-10,17H2,1-3H3. The third kappa shape index (κ3) is 1.77. The number of carbonyl (C=O) groups is 1. The maximum absolute atomic E-state index is 13.1. The van der Waals surface area contributed by atoms with Crippen LogP contribution in [-0.4, -0.2) is 42.1 Å². The van der Waals surface area contributed by atoms with Crippen molar-refractivity contribution in [3.63, 3.8) is 0 Å². The van der Waals surface area contributed by atoms with Crippen LogP contribution in [0.4, 0.5) is 0 Å². The van der Waals surface area contributed by atoms with Crippen molar-refractivity contribution < 1.29 is 9.53 Å². The number of carbonyl (C=O) groups excluding carboxylic acids is 1. The predicted octanol–water partition coefficient (Wildman–Crippen LogP) is 1.78. The van der Waals surface area contributed by atoms with E-state index in [1.165, 1.54) is 6.42 Å². The molecule has 4 heteroatoms. The number of hydrogen-bond acceptors (Lipinski definition) is 3. The molecule has 0 aromatic rings. The van der Waals surface area contributed by atoms with Crippen LogP contribution < -0.4 is 5.73 Å². The number of nitrogens with two attached hydrogens (primary N) is 1. The molecule has 0 radical (unpaired) electrons. The monoisotopic (exact) mass is 280 g/mol. The maximum Gasteiger partial charge on any atom is 0.243 e. The lowest BCUT2D eigenvalue weighted by atomic mass is 9.46. The van der Waals surface area contributed by atoms with E-state index in [0.717, 1.165) is 39.0 Å². The van der Waals surface area contributed by atoms with E-state index in [-0.39, 0.29) is 23.3 Å². The van der Waals surface area contributed by atoms with Crippen molar-refractivity contribution in [2.75, 3.05) is 19.7 Å². The van der Waals surface area contributed by atoms with Crippen molar-refractivity contribution in [3.05, 3.63) is 0 Å². The van der Waals surface area contributed by atoms with E-state index in [2.05, 4.69) is 20.8 Å². The van der Waals surface area contributed by atoms with Crippen LogP contribution in [0.1, 0.15) is 46.5 Å². The molecule has 3 aliphatic rings. The van der Waals surface area contributed by atoms with Crippen molar-refractivity contribution >= 4 is 5.91 Å². The third-order valence-electron chi connectivity index (χ3n) is 5.98. The Labute approximate surface area is 122 Å². The van der Waals surface area contributed by atoms with E-state index in [1.807, 2.05) is 4.90 Å². The lowest BCUT2D eigenvalue weighted by molar-refractivity contribution is -0.230. The normalized spacial score (nSPS) is 43.6. The highest BCUT2D eigenvalue weighted by Gasteiger charge is 2.70. The first-order valence-corrected chi connectivity index (χ1v) is 8.09. The fourth-order valence-corrected chi connectivity index (χ4v) is 4.65. The average molecular weight is 280 g/mol. The summed E-state index contributed by atoms with van der Waals surface area (Å²) in [6.07, 6.45) is 4.54. The van der Waals surface area contributed by atoms with Crippen LogP contribution in [0.2, 0.25) is 0 Å². The van der Waals surface area contributed by atoms with Gasteiger partial charge in [-0.15, -0.1) is 0 Å². The molecule has 2 aliphatic heterocycles. The molecule has 114 valence electrons. The largest absolute Gasteiger partial charge is 0.377 e. The fraction of sp³-hybridized carbons (Fsp3) is 0.938. The molecule has 3 rings (SSSR count). The molecule has 4 unspecified atom stereocenters. The number of ether oxygens (including phenoxy) is 1. The van der Waals surface area contributed by atoms with Gasteiger partial charge in [0.25, 0.3) is 0 Å². The summed E-state index contributed by atoms with van der Waals surface area (Å²) in [5, 5.41) is 0. The molecule has 4 nitrogen and oxygen atoms in total. The molecule has 4 atom stereocenters. The Morgan fingerprint density at radius 2 is 2.05 bits per heavy atom. The topological polar surface area (TPSA) is 55.6 Å². The Bertz CT molecular complexity index is 409. The lowest BCUT2D eigenvalue weighted by Gasteiger charge is -2.66. The Balaban J connectivity index is 1.82.